The van der Waals surface area contributed by atoms with Crippen LogP contribution in [0.25, 0.3) is 17.0 Å². The summed E-state index contributed by atoms with van der Waals surface area (Å²) in [5, 5.41) is 7.36. The number of nitrogens with one attached hydrogen (secondary N) is 1. The predicted molar refractivity (Wildman–Crippen MR) is 128 cm³/mol. The molecule has 6 heteroatoms. The van der Waals surface area contributed by atoms with Crippen molar-refractivity contribution in [1.82, 2.24) is 15.5 Å². The van der Waals surface area contributed by atoms with Crippen molar-refractivity contribution in [3.8, 4) is 11.4 Å². The highest BCUT2D eigenvalue weighted by molar-refractivity contribution is 6.01. The van der Waals surface area contributed by atoms with E-state index in [-0.39, 0.29) is 6.03 Å². The second-order valence-corrected chi connectivity index (χ2v) is 8.25. The summed E-state index contributed by atoms with van der Waals surface area (Å²) < 4.78 is 5.75. The van der Waals surface area contributed by atoms with E-state index >= 15 is 0 Å². The maximum absolute atomic E-state index is 13.3. The summed E-state index contributed by atoms with van der Waals surface area (Å²) in [6, 6.07) is 25.0. The van der Waals surface area contributed by atoms with Gasteiger partial charge in [-0.05, 0) is 38.5 Å². The summed E-state index contributed by atoms with van der Waals surface area (Å²) in [5.41, 5.74) is 6.39. The molecule has 1 atom stereocenters. The lowest BCUT2D eigenvalue weighted by atomic mass is 9.94. The Kier molecular flexibility index (Phi) is 5.26. The molecule has 0 saturated heterocycles. The number of allylic oxidation sites excluding steroid dienone is 1. The number of urea groups is 1. The second-order valence-electron chi connectivity index (χ2n) is 8.25. The van der Waals surface area contributed by atoms with E-state index in [1.165, 1.54) is 0 Å². The monoisotopic (exact) mass is 436 g/mol. The fraction of sp³-hybridized carbons (Fsp3) is 0.148. The van der Waals surface area contributed by atoms with Crippen molar-refractivity contribution >= 4 is 17.3 Å². The third kappa shape index (κ3) is 3.91. The molecule has 1 aliphatic heterocycles. The van der Waals surface area contributed by atoms with E-state index in [9.17, 15) is 4.79 Å². The number of hydrogen-bond donors (Lipinski definition) is 1. The van der Waals surface area contributed by atoms with Gasteiger partial charge < -0.3 is 9.84 Å². The van der Waals surface area contributed by atoms with E-state index in [0.29, 0.717) is 11.7 Å². The maximum Gasteiger partial charge on any atom is 0.326 e. The fourth-order valence-electron chi connectivity index (χ4n) is 4.07. The van der Waals surface area contributed by atoms with Gasteiger partial charge >= 0.3 is 6.03 Å². The number of carbonyl (C=O) groups excluding carboxylic acids is 1. The van der Waals surface area contributed by atoms with Crippen LogP contribution in [0.5, 0.6) is 0 Å². The Bertz CT molecular complexity index is 1320. The Morgan fingerprint density at radius 3 is 2.15 bits per heavy atom. The number of benzene rings is 3. The molecule has 4 aromatic rings. The lowest BCUT2D eigenvalue weighted by molar-refractivity contribution is 0.244. The van der Waals surface area contributed by atoms with Crippen LogP contribution in [0.4, 0.5) is 10.5 Å². The molecule has 0 saturated carbocycles. The predicted octanol–water partition coefficient (Wildman–Crippen LogP) is 6.06. The topological polar surface area (TPSA) is 71.3 Å². The number of aromatic nitrogens is 2. The van der Waals surface area contributed by atoms with Crippen LogP contribution >= 0.6 is 0 Å². The number of amides is 2. The van der Waals surface area contributed by atoms with Crippen molar-refractivity contribution in [2.75, 3.05) is 4.90 Å². The molecule has 2 amide bonds. The number of anilines is 1. The van der Waals surface area contributed by atoms with E-state index in [1.807, 2.05) is 99.6 Å². The molecule has 5 rings (SSSR count). The van der Waals surface area contributed by atoms with Crippen LogP contribution in [0, 0.1) is 13.8 Å². The van der Waals surface area contributed by atoms with Crippen molar-refractivity contribution in [1.29, 1.82) is 0 Å². The SMILES string of the molecule is CC1=C(c2nc(-c3ccccc3)no2)C(c2ccc(C)cc2)NC(=O)N1c1ccc(C)cc1. The molecule has 1 unspecified atom stereocenters. The zero-order valence-corrected chi connectivity index (χ0v) is 18.7. The molecular weight excluding hydrogens is 412 g/mol. The van der Waals surface area contributed by atoms with E-state index in [2.05, 4.69) is 10.5 Å². The zero-order valence-electron chi connectivity index (χ0n) is 18.7. The lowest BCUT2D eigenvalue weighted by Crippen LogP contribution is -2.46. The molecule has 1 N–H and O–H groups in total. The van der Waals surface area contributed by atoms with Crippen LogP contribution in [-0.4, -0.2) is 16.2 Å². The van der Waals surface area contributed by atoms with Crippen LogP contribution in [0.2, 0.25) is 0 Å². The minimum absolute atomic E-state index is 0.200. The van der Waals surface area contributed by atoms with Crippen molar-refractivity contribution < 1.29 is 9.32 Å². The largest absolute Gasteiger partial charge is 0.334 e. The number of aryl methyl sites for hydroxylation is 2. The molecule has 6 nitrogen and oxygen atoms in total. The fourth-order valence-corrected chi connectivity index (χ4v) is 4.07. The maximum atomic E-state index is 13.3. The summed E-state index contributed by atoms with van der Waals surface area (Å²) in [5.74, 6) is 0.890. The Balaban J connectivity index is 1.65. The Morgan fingerprint density at radius 2 is 1.48 bits per heavy atom. The molecule has 1 aromatic heterocycles. The smallest absolute Gasteiger partial charge is 0.326 e. The number of nitrogens with zero attached hydrogens (tertiary/aromatic N) is 3. The third-order valence-corrected chi connectivity index (χ3v) is 5.88. The van der Waals surface area contributed by atoms with Gasteiger partial charge in [0, 0.05) is 11.3 Å². The standard InChI is InChI=1S/C27H24N4O2/c1-17-9-13-20(14-10-17)24-23(26-29-25(30-33-26)21-7-5-4-6-8-21)19(3)31(27(32)28-24)22-15-11-18(2)12-16-22/h4-16,24H,1-3H3,(H,28,32). The minimum Gasteiger partial charge on any atom is -0.334 e. The Labute approximate surface area is 192 Å². The van der Waals surface area contributed by atoms with Gasteiger partial charge in [-0.25, -0.2) is 4.79 Å². The van der Waals surface area contributed by atoms with Gasteiger partial charge in [-0.15, -0.1) is 0 Å². The second kappa shape index (κ2) is 8.39. The van der Waals surface area contributed by atoms with E-state index < -0.39 is 6.04 Å². The molecule has 0 spiro atoms. The van der Waals surface area contributed by atoms with Gasteiger partial charge in [-0.3, -0.25) is 4.90 Å². The third-order valence-electron chi connectivity index (χ3n) is 5.88. The molecule has 0 fully saturated rings. The Morgan fingerprint density at radius 1 is 0.848 bits per heavy atom. The number of hydrogen-bond acceptors (Lipinski definition) is 4. The summed E-state index contributed by atoms with van der Waals surface area (Å²) in [7, 11) is 0. The van der Waals surface area contributed by atoms with Gasteiger partial charge in [0.15, 0.2) is 0 Å². The molecule has 2 heterocycles. The normalized spacial score (nSPS) is 16.2. The van der Waals surface area contributed by atoms with Crippen LogP contribution in [0.3, 0.4) is 0 Å². The van der Waals surface area contributed by atoms with Crippen LogP contribution < -0.4 is 10.2 Å². The van der Waals surface area contributed by atoms with Crippen molar-refractivity contribution in [2.45, 2.75) is 26.8 Å². The van der Waals surface area contributed by atoms with E-state index in [0.717, 1.165) is 39.2 Å². The highest BCUT2D eigenvalue weighted by atomic mass is 16.5. The molecule has 0 aliphatic carbocycles. The summed E-state index contributed by atoms with van der Waals surface area (Å²) in [4.78, 5) is 19.6. The molecule has 33 heavy (non-hydrogen) atoms. The average Bonchev–Trinajstić information content (AvgIpc) is 3.31. The molecule has 0 bridgehead atoms. The summed E-state index contributed by atoms with van der Waals surface area (Å²) >= 11 is 0. The van der Waals surface area contributed by atoms with Gasteiger partial charge in [0.05, 0.1) is 17.3 Å². The van der Waals surface area contributed by atoms with Crippen molar-refractivity contribution in [2.24, 2.45) is 0 Å². The number of rotatable bonds is 4. The molecule has 164 valence electrons. The highest BCUT2D eigenvalue weighted by Gasteiger charge is 2.36. The summed E-state index contributed by atoms with van der Waals surface area (Å²) in [6.45, 7) is 5.97. The van der Waals surface area contributed by atoms with Gasteiger partial charge in [0.25, 0.3) is 5.89 Å². The Hall–Kier alpha value is -4.19. The molecule has 3 aromatic carbocycles. The van der Waals surface area contributed by atoms with Gasteiger partial charge in [-0.2, -0.15) is 4.98 Å². The van der Waals surface area contributed by atoms with Crippen molar-refractivity contribution in [3.05, 3.63) is 107 Å². The van der Waals surface area contributed by atoms with Gasteiger partial charge in [0.1, 0.15) is 0 Å². The first-order valence-corrected chi connectivity index (χ1v) is 10.9. The molecule has 0 radical (unpaired) electrons. The first-order valence-electron chi connectivity index (χ1n) is 10.9. The first-order chi connectivity index (χ1) is 16.0. The van der Waals surface area contributed by atoms with Gasteiger partial charge in [-0.1, -0.05) is 83.0 Å². The van der Waals surface area contributed by atoms with E-state index in [4.69, 9.17) is 9.51 Å². The van der Waals surface area contributed by atoms with Gasteiger partial charge in [0.2, 0.25) is 5.82 Å². The average molecular weight is 437 g/mol. The quantitative estimate of drug-likeness (QED) is 0.422. The van der Waals surface area contributed by atoms with Crippen molar-refractivity contribution in [3.63, 3.8) is 0 Å². The van der Waals surface area contributed by atoms with Crippen LogP contribution in [0.15, 0.2) is 89.1 Å². The lowest BCUT2D eigenvalue weighted by Gasteiger charge is -2.35. The van der Waals surface area contributed by atoms with E-state index in [1.54, 1.807) is 4.90 Å². The first kappa shape index (κ1) is 20.7. The summed E-state index contributed by atoms with van der Waals surface area (Å²) in [6.07, 6.45) is 0. The van der Waals surface area contributed by atoms with Crippen LogP contribution in [-0.2, 0) is 0 Å². The minimum atomic E-state index is -0.413. The zero-order chi connectivity index (χ0) is 22.9. The molecular formula is C27H24N4O2. The number of carbonyl (C=O) groups is 1. The highest BCUT2D eigenvalue weighted by Crippen LogP contribution is 2.39. The molecule has 1 aliphatic rings. The van der Waals surface area contributed by atoms with Crippen LogP contribution in [0.1, 0.15) is 35.5 Å².